The molecule has 0 saturated carbocycles. The molecule has 1 aliphatic rings. The van der Waals surface area contributed by atoms with E-state index in [1.165, 1.54) is 11.8 Å². The van der Waals surface area contributed by atoms with Gasteiger partial charge in [-0.3, -0.25) is 9.59 Å². The van der Waals surface area contributed by atoms with Gasteiger partial charge in [-0.1, -0.05) is 13.8 Å². The van der Waals surface area contributed by atoms with Gasteiger partial charge in [-0.05, 0) is 43.9 Å². The Kier molecular flexibility index (Phi) is 5.28. The number of fused-ring (bicyclic) bond motifs is 1. The summed E-state index contributed by atoms with van der Waals surface area (Å²) in [7, 11) is 0. The molecule has 1 aliphatic heterocycles. The molecule has 2 N–H and O–H groups in total. The fourth-order valence-electron chi connectivity index (χ4n) is 2.19. The van der Waals surface area contributed by atoms with Crippen LogP contribution in [0.5, 0.6) is 0 Å². The van der Waals surface area contributed by atoms with E-state index >= 15 is 0 Å². The van der Waals surface area contributed by atoms with Crippen LogP contribution in [0.1, 0.15) is 44.0 Å². The predicted octanol–water partition coefficient (Wildman–Crippen LogP) is 3.29. The largest absolute Gasteiger partial charge is 0.350 e. The molecule has 1 aromatic rings. The number of nitrogens with one attached hydrogen (secondary N) is 2. The van der Waals surface area contributed by atoms with Crippen LogP contribution >= 0.6 is 11.8 Å². The Labute approximate surface area is 130 Å². The summed E-state index contributed by atoms with van der Waals surface area (Å²) in [4.78, 5) is 24.7. The van der Waals surface area contributed by atoms with Crippen molar-refractivity contribution in [1.29, 1.82) is 0 Å². The molecule has 0 radical (unpaired) electrons. The first kappa shape index (κ1) is 15.9. The quantitative estimate of drug-likeness (QED) is 0.877. The molecule has 5 heteroatoms. The number of benzene rings is 1. The third-order valence-corrected chi connectivity index (χ3v) is 4.50. The molecule has 0 spiro atoms. The Hall–Kier alpha value is -1.49. The van der Waals surface area contributed by atoms with E-state index in [2.05, 4.69) is 24.5 Å². The molecule has 114 valence electrons. The van der Waals surface area contributed by atoms with Crippen LogP contribution in [0.2, 0.25) is 0 Å². The van der Waals surface area contributed by atoms with Crippen molar-refractivity contribution in [3.8, 4) is 0 Å². The summed E-state index contributed by atoms with van der Waals surface area (Å²) in [6.45, 7) is 6.38. The fraction of sp³-hybridized carbons (Fsp3) is 0.500. The summed E-state index contributed by atoms with van der Waals surface area (Å²) in [5, 5.41) is 5.82. The minimum atomic E-state index is -0.0844. The van der Waals surface area contributed by atoms with Gasteiger partial charge in [0.15, 0.2) is 0 Å². The van der Waals surface area contributed by atoms with Crippen LogP contribution in [0.3, 0.4) is 0 Å². The van der Waals surface area contributed by atoms with Gasteiger partial charge in [-0.15, -0.1) is 11.8 Å². The number of thioether (sulfide) groups is 1. The van der Waals surface area contributed by atoms with Gasteiger partial charge in [-0.25, -0.2) is 0 Å². The minimum absolute atomic E-state index is 0.0182. The number of hydrogen-bond donors (Lipinski definition) is 2. The van der Waals surface area contributed by atoms with Gasteiger partial charge in [0.25, 0.3) is 5.91 Å². The molecule has 0 fully saturated rings. The lowest BCUT2D eigenvalue weighted by molar-refractivity contribution is -0.113. The predicted molar refractivity (Wildman–Crippen MR) is 86.8 cm³/mol. The molecule has 1 aromatic carbocycles. The molecular weight excluding hydrogens is 284 g/mol. The third kappa shape index (κ3) is 4.49. The maximum absolute atomic E-state index is 12.2. The zero-order chi connectivity index (χ0) is 15.4. The maximum Gasteiger partial charge on any atom is 0.251 e. The molecule has 0 bridgehead atoms. The molecule has 1 heterocycles. The third-order valence-electron chi connectivity index (χ3n) is 3.43. The first-order chi connectivity index (χ1) is 9.95. The van der Waals surface area contributed by atoms with Gasteiger partial charge in [0.1, 0.15) is 0 Å². The van der Waals surface area contributed by atoms with E-state index in [-0.39, 0.29) is 17.9 Å². The van der Waals surface area contributed by atoms with Gasteiger partial charge in [0.05, 0.1) is 11.4 Å². The Balaban J connectivity index is 1.99. The average Bonchev–Trinajstić information content (AvgIpc) is 2.44. The van der Waals surface area contributed by atoms with Gasteiger partial charge in [-0.2, -0.15) is 0 Å². The standard InChI is InChI=1S/C16H22N2O2S/c1-10(2)4-5-11(3)17-16(20)12-6-7-14-13(8-12)18-15(19)9-21-14/h6-8,10-11H,4-5,9H2,1-3H3,(H,17,20)(H,18,19). The second kappa shape index (κ2) is 6.98. The molecule has 0 aromatic heterocycles. The van der Waals surface area contributed by atoms with Gasteiger partial charge < -0.3 is 10.6 Å². The summed E-state index contributed by atoms with van der Waals surface area (Å²) >= 11 is 1.50. The normalized spacial score (nSPS) is 15.3. The van der Waals surface area contributed by atoms with Crippen LogP contribution in [0.4, 0.5) is 5.69 Å². The van der Waals surface area contributed by atoms with E-state index in [1.54, 1.807) is 6.07 Å². The topological polar surface area (TPSA) is 58.2 Å². The summed E-state index contributed by atoms with van der Waals surface area (Å²) in [5.74, 6) is 0.972. The minimum Gasteiger partial charge on any atom is -0.350 e. The van der Waals surface area contributed by atoms with Crippen LogP contribution in [0, 0.1) is 5.92 Å². The van der Waals surface area contributed by atoms with Crippen molar-refractivity contribution in [2.45, 2.75) is 44.6 Å². The maximum atomic E-state index is 12.2. The highest BCUT2D eigenvalue weighted by molar-refractivity contribution is 8.00. The Morgan fingerprint density at radius 1 is 1.33 bits per heavy atom. The van der Waals surface area contributed by atoms with Crippen molar-refractivity contribution in [2.24, 2.45) is 5.92 Å². The molecule has 2 amide bonds. The number of anilines is 1. The SMILES string of the molecule is CC(C)CCC(C)NC(=O)c1ccc2c(c1)NC(=O)CS2. The van der Waals surface area contributed by atoms with Gasteiger partial charge >= 0.3 is 0 Å². The smallest absolute Gasteiger partial charge is 0.251 e. The van der Waals surface area contributed by atoms with Crippen molar-refractivity contribution in [3.63, 3.8) is 0 Å². The molecular formula is C16H22N2O2S. The van der Waals surface area contributed by atoms with Crippen LogP contribution in [0.25, 0.3) is 0 Å². The fourth-order valence-corrected chi connectivity index (χ4v) is 2.98. The first-order valence-electron chi connectivity index (χ1n) is 7.33. The summed E-state index contributed by atoms with van der Waals surface area (Å²) in [6, 6.07) is 5.62. The lowest BCUT2D eigenvalue weighted by Crippen LogP contribution is -2.33. The highest BCUT2D eigenvalue weighted by Crippen LogP contribution is 2.31. The Bertz CT molecular complexity index is 543. The molecule has 21 heavy (non-hydrogen) atoms. The van der Waals surface area contributed by atoms with E-state index in [9.17, 15) is 9.59 Å². The average molecular weight is 306 g/mol. The van der Waals surface area contributed by atoms with E-state index in [0.717, 1.165) is 23.4 Å². The van der Waals surface area contributed by atoms with Crippen LogP contribution in [0.15, 0.2) is 23.1 Å². The van der Waals surface area contributed by atoms with E-state index in [1.807, 2.05) is 19.1 Å². The number of rotatable bonds is 5. The number of carbonyl (C=O) groups excluding carboxylic acids is 2. The highest BCUT2D eigenvalue weighted by Gasteiger charge is 2.18. The van der Waals surface area contributed by atoms with E-state index in [4.69, 9.17) is 0 Å². The van der Waals surface area contributed by atoms with Crippen molar-refractivity contribution in [2.75, 3.05) is 11.1 Å². The summed E-state index contributed by atoms with van der Waals surface area (Å²) < 4.78 is 0. The first-order valence-corrected chi connectivity index (χ1v) is 8.32. The van der Waals surface area contributed by atoms with Gasteiger partial charge in [0, 0.05) is 16.5 Å². The zero-order valence-electron chi connectivity index (χ0n) is 12.7. The zero-order valence-corrected chi connectivity index (χ0v) is 13.5. The van der Waals surface area contributed by atoms with Crippen molar-refractivity contribution in [3.05, 3.63) is 23.8 Å². The van der Waals surface area contributed by atoms with E-state index < -0.39 is 0 Å². The molecule has 0 saturated heterocycles. The number of amides is 2. The van der Waals surface area contributed by atoms with Crippen molar-refractivity contribution >= 4 is 29.3 Å². The van der Waals surface area contributed by atoms with Crippen molar-refractivity contribution in [1.82, 2.24) is 5.32 Å². The monoisotopic (exact) mass is 306 g/mol. The lowest BCUT2D eigenvalue weighted by atomic mass is 10.0. The second-order valence-electron chi connectivity index (χ2n) is 5.89. The summed E-state index contributed by atoms with van der Waals surface area (Å²) in [5.41, 5.74) is 1.33. The van der Waals surface area contributed by atoms with Crippen LogP contribution < -0.4 is 10.6 Å². The molecule has 0 aliphatic carbocycles. The lowest BCUT2D eigenvalue weighted by Gasteiger charge is -2.18. The molecule has 1 unspecified atom stereocenters. The number of carbonyl (C=O) groups is 2. The highest BCUT2D eigenvalue weighted by atomic mass is 32.2. The Morgan fingerprint density at radius 2 is 2.10 bits per heavy atom. The number of hydrogen-bond acceptors (Lipinski definition) is 3. The molecule has 1 atom stereocenters. The van der Waals surface area contributed by atoms with Gasteiger partial charge in [0.2, 0.25) is 5.91 Å². The second-order valence-corrected chi connectivity index (χ2v) is 6.91. The molecule has 2 rings (SSSR count). The van der Waals surface area contributed by atoms with E-state index in [0.29, 0.717) is 17.2 Å². The molecule has 4 nitrogen and oxygen atoms in total. The van der Waals surface area contributed by atoms with Crippen LogP contribution in [-0.4, -0.2) is 23.6 Å². The van der Waals surface area contributed by atoms with Crippen molar-refractivity contribution < 1.29 is 9.59 Å². The summed E-state index contributed by atoms with van der Waals surface area (Å²) in [6.07, 6.45) is 2.07. The van der Waals surface area contributed by atoms with Crippen LogP contribution in [-0.2, 0) is 4.79 Å². The Morgan fingerprint density at radius 3 is 2.81 bits per heavy atom.